The summed E-state index contributed by atoms with van der Waals surface area (Å²) in [6.07, 6.45) is 0. The summed E-state index contributed by atoms with van der Waals surface area (Å²) in [5.41, 5.74) is 0.509. The van der Waals surface area contributed by atoms with Crippen LogP contribution in [0.1, 0.15) is 5.56 Å². The van der Waals surface area contributed by atoms with Gasteiger partial charge in [0.1, 0.15) is 4.90 Å². The zero-order chi connectivity index (χ0) is 10.9. The molecule has 0 atom stereocenters. The zero-order valence-corrected chi connectivity index (χ0v) is 11.3. The number of rotatable bonds is 2. The van der Waals surface area contributed by atoms with E-state index >= 15 is 0 Å². The highest BCUT2D eigenvalue weighted by Crippen LogP contribution is 2.33. The molecule has 0 spiro atoms. The van der Waals surface area contributed by atoms with Crippen molar-refractivity contribution in [2.45, 2.75) is 10.2 Å². The molecule has 0 aliphatic heterocycles. The van der Waals surface area contributed by atoms with Crippen molar-refractivity contribution >= 4 is 58.9 Å². The Hall–Kier alpha value is 0.520. The van der Waals surface area contributed by atoms with E-state index in [0.717, 1.165) is 0 Å². The standard InChI is InChI=1S/C7H4BrCl3O2S/c8-3-4-5(9)1-2-6(7(4)10)14(11,12)13/h1-2H,3H2. The highest BCUT2D eigenvalue weighted by molar-refractivity contribution is 9.08. The maximum Gasteiger partial charge on any atom is 0.262 e. The Morgan fingerprint density at radius 3 is 2.29 bits per heavy atom. The van der Waals surface area contributed by atoms with E-state index in [4.69, 9.17) is 33.9 Å². The molecule has 0 amide bonds. The molecule has 0 saturated heterocycles. The molecule has 0 N–H and O–H groups in total. The lowest BCUT2D eigenvalue weighted by molar-refractivity contribution is 0.609. The van der Waals surface area contributed by atoms with Crippen molar-refractivity contribution in [1.82, 2.24) is 0 Å². The Labute approximate surface area is 105 Å². The van der Waals surface area contributed by atoms with Crippen LogP contribution >= 0.6 is 49.8 Å². The summed E-state index contributed by atoms with van der Waals surface area (Å²) in [6, 6.07) is 2.72. The lowest BCUT2D eigenvalue weighted by atomic mass is 10.2. The lowest BCUT2D eigenvalue weighted by Crippen LogP contribution is -1.95. The maximum absolute atomic E-state index is 11.1. The Bertz CT molecular complexity index is 458. The van der Waals surface area contributed by atoms with E-state index in [1.54, 1.807) is 0 Å². The van der Waals surface area contributed by atoms with Gasteiger partial charge in [-0.1, -0.05) is 39.1 Å². The summed E-state index contributed by atoms with van der Waals surface area (Å²) in [5, 5.41) is 0.825. The van der Waals surface area contributed by atoms with Crippen LogP contribution in [0.5, 0.6) is 0 Å². The SMILES string of the molecule is O=S(=O)(Cl)c1ccc(Cl)c(CBr)c1Cl. The molecule has 1 aromatic rings. The summed E-state index contributed by atoms with van der Waals surface area (Å²) in [5.74, 6) is 0. The van der Waals surface area contributed by atoms with Gasteiger partial charge in [0.05, 0.1) is 5.02 Å². The normalized spacial score (nSPS) is 11.7. The molecule has 0 saturated carbocycles. The Balaban J connectivity index is 3.52. The fourth-order valence-corrected chi connectivity index (χ4v) is 3.67. The second kappa shape index (κ2) is 4.58. The van der Waals surface area contributed by atoms with Gasteiger partial charge < -0.3 is 0 Å². The van der Waals surface area contributed by atoms with Crippen LogP contribution in [0.3, 0.4) is 0 Å². The third-order valence-corrected chi connectivity index (χ3v) is 4.37. The van der Waals surface area contributed by atoms with Gasteiger partial charge in [-0.3, -0.25) is 0 Å². The second-order valence-corrected chi connectivity index (χ2v) is 6.29. The smallest absolute Gasteiger partial charge is 0.207 e. The summed E-state index contributed by atoms with van der Waals surface area (Å²) in [6.45, 7) is 0. The van der Waals surface area contributed by atoms with E-state index < -0.39 is 9.05 Å². The van der Waals surface area contributed by atoms with Crippen molar-refractivity contribution < 1.29 is 8.42 Å². The van der Waals surface area contributed by atoms with Gasteiger partial charge in [0.25, 0.3) is 9.05 Å². The Morgan fingerprint density at radius 2 is 1.86 bits per heavy atom. The van der Waals surface area contributed by atoms with E-state index in [2.05, 4.69) is 15.9 Å². The van der Waals surface area contributed by atoms with Crippen LogP contribution in [0.2, 0.25) is 10.0 Å². The first-order valence-electron chi connectivity index (χ1n) is 3.35. The highest BCUT2D eigenvalue weighted by atomic mass is 79.9. The van der Waals surface area contributed by atoms with Gasteiger partial charge in [-0.15, -0.1) is 0 Å². The third kappa shape index (κ3) is 2.55. The first kappa shape index (κ1) is 12.6. The average Bonchev–Trinajstić information content (AvgIpc) is 2.02. The number of benzene rings is 1. The van der Waals surface area contributed by atoms with Gasteiger partial charge in [-0.2, -0.15) is 0 Å². The monoisotopic (exact) mass is 336 g/mol. The number of halogens is 4. The topological polar surface area (TPSA) is 34.1 Å². The molecule has 0 heterocycles. The molecular formula is C7H4BrCl3O2S. The van der Waals surface area contributed by atoms with Crippen LogP contribution in [0.15, 0.2) is 17.0 Å². The summed E-state index contributed by atoms with van der Waals surface area (Å²) in [7, 11) is 1.35. The molecule has 7 heteroatoms. The predicted octanol–water partition coefficient (Wildman–Crippen LogP) is 3.82. The van der Waals surface area contributed by atoms with E-state index in [1.807, 2.05) is 0 Å². The van der Waals surface area contributed by atoms with Crippen molar-refractivity contribution in [3.05, 3.63) is 27.7 Å². The van der Waals surface area contributed by atoms with Gasteiger partial charge in [0, 0.05) is 26.6 Å². The van der Waals surface area contributed by atoms with Gasteiger partial charge in [0.2, 0.25) is 0 Å². The van der Waals surface area contributed by atoms with Crippen molar-refractivity contribution in [3.63, 3.8) is 0 Å². The molecule has 78 valence electrons. The van der Waals surface area contributed by atoms with Crippen LogP contribution in [-0.4, -0.2) is 8.42 Å². The minimum Gasteiger partial charge on any atom is -0.207 e. The minimum atomic E-state index is -3.82. The highest BCUT2D eigenvalue weighted by Gasteiger charge is 2.18. The number of alkyl halides is 1. The minimum absolute atomic E-state index is 0.0596. The van der Waals surface area contributed by atoms with Gasteiger partial charge in [-0.25, -0.2) is 8.42 Å². The van der Waals surface area contributed by atoms with Crippen molar-refractivity contribution in [1.29, 1.82) is 0 Å². The van der Waals surface area contributed by atoms with Crippen LogP contribution in [-0.2, 0) is 14.4 Å². The van der Waals surface area contributed by atoms with E-state index in [-0.39, 0.29) is 9.92 Å². The molecule has 0 aromatic heterocycles. The van der Waals surface area contributed by atoms with Gasteiger partial charge >= 0.3 is 0 Å². The van der Waals surface area contributed by atoms with Crippen LogP contribution in [0, 0.1) is 0 Å². The van der Waals surface area contributed by atoms with E-state index in [0.29, 0.717) is 15.9 Å². The Morgan fingerprint density at radius 1 is 1.29 bits per heavy atom. The zero-order valence-electron chi connectivity index (χ0n) is 6.60. The lowest BCUT2D eigenvalue weighted by Gasteiger charge is -2.06. The first-order valence-corrected chi connectivity index (χ1v) is 7.54. The van der Waals surface area contributed by atoms with E-state index in [1.165, 1.54) is 12.1 Å². The van der Waals surface area contributed by atoms with Crippen molar-refractivity contribution in [2.75, 3.05) is 0 Å². The molecule has 14 heavy (non-hydrogen) atoms. The van der Waals surface area contributed by atoms with Crippen LogP contribution in [0.25, 0.3) is 0 Å². The third-order valence-electron chi connectivity index (χ3n) is 1.55. The van der Waals surface area contributed by atoms with Crippen molar-refractivity contribution in [3.8, 4) is 0 Å². The molecule has 1 rings (SSSR count). The Kier molecular flexibility index (Phi) is 4.11. The second-order valence-electron chi connectivity index (χ2n) is 2.41. The molecule has 0 aliphatic rings. The molecule has 1 aromatic carbocycles. The van der Waals surface area contributed by atoms with Gasteiger partial charge in [-0.05, 0) is 12.1 Å². The van der Waals surface area contributed by atoms with Gasteiger partial charge in [0.15, 0.2) is 0 Å². The quantitative estimate of drug-likeness (QED) is 0.607. The summed E-state index contributed by atoms with van der Waals surface area (Å²) >= 11 is 14.8. The molecule has 2 nitrogen and oxygen atoms in total. The molecule has 0 aliphatic carbocycles. The number of hydrogen-bond acceptors (Lipinski definition) is 2. The first-order chi connectivity index (χ1) is 6.38. The maximum atomic E-state index is 11.1. The molecule has 0 radical (unpaired) electrons. The van der Waals surface area contributed by atoms with Crippen LogP contribution < -0.4 is 0 Å². The fourth-order valence-electron chi connectivity index (χ4n) is 0.887. The van der Waals surface area contributed by atoms with E-state index in [9.17, 15) is 8.42 Å². The van der Waals surface area contributed by atoms with Crippen molar-refractivity contribution in [2.24, 2.45) is 0 Å². The summed E-state index contributed by atoms with van der Waals surface area (Å²) < 4.78 is 22.1. The molecule has 0 bridgehead atoms. The fraction of sp³-hybridized carbons (Fsp3) is 0.143. The predicted molar refractivity (Wildman–Crippen MR) is 62.1 cm³/mol. The molecule has 0 unspecified atom stereocenters. The largest absolute Gasteiger partial charge is 0.262 e. The molecular weight excluding hydrogens is 334 g/mol. The summed E-state index contributed by atoms with van der Waals surface area (Å²) in [4.78, 5) is -0.125. The average molecular weight is 338 g/mol. The molecule has 0 fully saturated rings. The number of hydrogen-bond donors (Lipinski definition) is 0. The van der Waals surface area contributed by atoms with Crippen LogP contribution in [0.4, 0.5) is 0 Å².